The molecule has 6 nitrogen and oxygen atoms in total. The van der Waals surface area contributed by atoms with E-state index in [9.17, 15) is 5.11 Å². The third-order valence-electron chi connectivity index (χ3n) is 2.57. The van der Waals surface area contributed by atoms with E-state index >= 15 is 0 Å². The molecule has 0 bridgehead atoms. The quantitative estimate of drug-likeness (QED) is 0.755. The van der Waals surface area contributed by atoms with Gasteiger partial charge in [-0.05, 0) is 27.7 Å². The van der Waals surface area contributed by atoms with Crippen molar-refractivity contribution < 1.29 is 9.84 Å². The van der Waals surface area contributed by atoms with Crippen LogP contribution in [0.15, 0.2) is 6.07 Å². The molecule has 1 heterocycles. The van der Waals surface area contributed by atoms with E-state index in [1.54, 1.807) is 13.8 Å². The van der Waals surface area contributed by atoms with E-state index in [4.69, 9.17) is 4.74 Å². The van der Waals surface area contributed by atoms with Crippen molar-refractivity contribution in [2.75, 3.05) is 37.0 Å². The van der Waals surface area contributed by atoms with Crippen LogP contribution in [-0.2, 0) is 11.3 Å². The molecule has 0 aliphatic heterocycles. The van der Waals surface area contributed by atoms with E-state index < -0.39 is 5.60 Å². The number of anilines is 2. The number of aliphatic hydroxyl groups is 1. The topological polar surface area (TPSA) is 70.5 Å². The van der Waals surface area contributed by atoms with Gasteiger partial charge in [-0.2, -0.15) is 0 Å². The summed E-state index contributed by atoms with van der Waals surface area (Å²) in [7, 11) is 1.90. The molecule has 0 aliphatic rings. The first-order valence-electron chi connectivity index (χ1n) is 6.98. The summed E-state index contributed by atoms with van der Waals surface area (Å²) in [5.74, 6) is 2.19. The lowest BCUT2D eigenvalue weighted by Crippen LogP contribution is -2.36. The van der Waals surface area contributed by atoms with E-state index in [2.05, 4.69) is 15.3 Å². The second kappa shape index (κ2) is 7.40. The number of likely N-dealkylation sites (N-methyl/N-ethyl adjacent to an activating group) is 1. The summed E-state index contributed by atoms with van der Waals surface area (Å²) in [5, 5.41) is 13.1. The molecule has 0 amide bonds. The molecule has 1 aromatic rings. The molecule has 0 aliphatic carbocycles. The van der Waals surface area contributed by atoms with Crippen molar-refractivity contribution in [2.45, 2.75) is 39.9 Å². The van der Waals surface area contributed by atoms with Gasteiger partial charge >= 0.3 is 0 Å². The minimum absolute atomic E-state index is 0.388. The second-order valence-electron chi connectivity index (χ2n) is 5.36. The van der Waals surface area contributed by atoms with Crippen LogP contribution in [-0.4, -0.2) is 47.4 Å². The number of aromatic nitrogens is 2. The van der Waals surface area contributed by atoms with Crippen LogP contribution < -0.4 is 10.2 Å². The van der Waals surface area contributed by atoms with Crippen molar-refractivity contribution >= 4 is 11.6 Å². The highest BCUT2D eigenvalue weighted by Gasteiger charge is 2.17. The molecule has 0 radical (unpaired) electrons. The molecule has 114 valence electrons. The molecule has 0 saturated carbocycles. The molecule has 1 rings (SSSR count). The highest BCUT2D eigenvalue weighted by Crippen LogP contribution is 2.17. The molecule has 0 fully saturated rings. The van der Waals surface area contributed by atoms with Gasteiger partial charge < -0.3 is 20.1 Å². The Morgan fingerprint density at radius 1 is 1.35 bits per heavy atom. The van der Waals surface area contributed by atoms with Crippen molar-refractivity contribution in [2.24, 2.45) is 0 Å². The number of hydrogen-bond donors (Lipinski definition) is 2. The zero-order chi connectivity index (χ0) is 15.2. The first kappa shape index (κ1) is 16.7. The molecule has 0 atom stereocenters. The van der Waals surface area contributed by atoms with Crippen LogP contribution >= 0.6 is 0 Å². The maximum atomic E-state index is 9.91. The number of nitrogens with zero attached hydrogens (tertiary/aromatic N) is 3. The normalized spacial score (nSPS) is 11.5. The lowest BCUT2D eigenvalue weighted by atomic mass is 10.1. The Kier molecular flexibility index (Phi) is 6.16. The van der Waals surface area contributed by atoms with Crippen molar-refractivity contribution in [1.82, 2.24) is 9.97 Å². The first-order chi connectivity index (χ1) is 9.35. The molecule has 0 spiro atoms. The fourth-order valence-corrected chi connectivity index (χ4v) is 1.87. The van der Waals surface area contributed by atoms with Gasteiger partial charge in [0.05, 0.1) is 5.60 Å². The molecule has 20 heavy (non-hydrogen) atoms. The molecule has 2 N–H and O–H groups in total. The van der Waals surface area contributed by atoms with Crippen LogP contribution in [0.25, 0.3) is 0 Å². The Bertz CT molecular complexity index is 418. The van der Waals surface area contributed by atoms with Gasteiger partial charge in [-0.15, -0.1) is 0 Å². The summed E-state index contributed by atoms with van der Waals surface area (Å²) in [6, 6.07) is 1.88. The smallest absolute Gasteiger partial charge is 0.158 e. The summed E-state index contributed by atoms with van der Waals surface area (Å²) in [5.41, 5.74) is -0.780. The summed E-state index contributed by atoms with van der Waals surface area (Å²) in [6.07, 6.45) is 0. The van der Waals surface area contributed by atoms with Gasteiger partial charge in [0.25, 0.3) is 0 Å². The zero-order valence-electron chi connectivity index (χ0n) is 13.1. The first-order valence-corrected chi connectivity index (χ1v) is 6.98. The molecule has 0 saturated heterocycles. The van der Waals surface area contributed by atoms with Gasteiger partial charge in [-0.25, -0.2) is 9.97 Å². The number of hydrogen-bond acceptors (Lipinski definition) is 6. The van der Waals surface area contributed by atoms with Gasteiger partial charge in [-0.3, -0.25) is 0 Å². The minimum atomic E-state index is -0.780. The fraction of sp³-hybridized carbons (Fsp3) is 0.714. The van der Waals surface area contributed by atoms with Gasteiger partial charge in [-0.1, -0.05) is 0 Å². The van der Waals surface area contributed by atoms with E-state index in [0.717, 1.165) is 18.2 Å². The number of ether oxygens (including phenoxy) is 1. The van der Waals surface area contributed by atoms with Crippen LogP contribution in [0.3, 0.4) is 0 Å². The second-order valence-corrected chi connectivity index (χ2v) is 5.36. The van der Waals surface area contributed by atoms with Crippen LogP contribution in [0.1, 0.15) is 33.5 Å². The molecule has 6 heteroatoms. The maximum Gasteiger partial charge on any atom is 0.158 e. The largest absolute Gasteiger partial charge is 0.389 e. The summed E-state index contributed by atoms with van der Waals surface area (Å²) < 4.78 is 5.37. The summed E-state index contributed by atoms with van der Waals surface area (Å²) >= 11 is 0. The molecular weight excluding hydrogens is 256 g/mol. The lowest BCUT2D eigenvalue weighted by Gasteiger charge is -2.26. The van der Waals surface area contributed by atoms with E-state index in [0.29, 0.717) is 25.6 Å². The number of nitrogens with one attached hydrogen (secondary N) is 1. The van der Waals surface area contributed by atoms with Crippen molar-refractivity contribution in [3.05, 3.63) is 11.9 Å². The third kappa shape index (κ3) is 5.71. The van der Waals surface area contributed by atoms with Crippen LogP contribution in [0.4, 0.5) is 11.6 Å². The van der Waals surface area contributed by atoms with Gasteiger partial charge in [0.15, 0.2) is 5.82 Å². The molecular formula is C14H26N4O2. The standard InChI is InChI=1S/C14H26N4O2/c1-6-15-11-8-13(18(5)10-14(3,4)19)17-12(16-11)9-20-7-2/h8,19H,6-7,9-10H2,1-5H3,(H,15,16,17). The summed E-state index contributed by atoms with van der Waals surface area (Å²) in [4.78, 5) is 10.8. The molecule has 1 aromatic heterocycles. The van der Waals surface area contributed by atoms with Gasteiger partial charge in [0, 0.05) is 32.8 Å². The predicted octanol–water partition coefficient (Wildman–Crippen LogP) is 1.65. The molecule has 0 aromatic carbocycles. The van der Waals surface area contributed by atoms with Crippen molar-refractivity contribution in [1.29, 1.82) is 0 Å². The highest BCUT2D eigenvalue weighted by atomic mass is 16.5. The fourth-order valence-electron chi connectivity index (χ4n) is 1.87. The maximum absolute atomic E-state index is 9.91. The summed E-state index contributed by atoms with van der Waals surface area (Å²) in [6.45, 7) is 9.81. The van der Waals surface area contributed by atoms with Crippen LogP contribution in [0, 0.1) is 0 Å². The monoisotopic (exact) mass is 282 g/mol. The average molecular weight is 282 g/mol. The zero-order valence-corrected chi connectivity index (χ0v) is 13.1. The van der Waals surface area contributed by atoms with Gasteiger partial charge in [0.2, 0.25) is 0 Å². The van der Waals surface area contributed by atoms with E-state index in [1.165, 1.54) is 0 Å². The highest BCUT2D eigenvalue weighted by molar-refractivity contribution is 5.49. The van der Waals surface area contributed by atoms with Crippen molar-refractivity contribution in [3.8, 4) is 0 Å². The van der Waals surface area contributed by atoms with Gasteiger partial charge in [0.1, 0.15) is 18.2 Å². The average Bonchev–Trinajstić information content (AvgIpc) is 2.34. The Labute approximate surface area is 121 Å². The Morgan fingerprint density at radius 2 is 2.05 bits per heavy atom. The predicted molar refractivity (Wildman–Crippen MR) is 81.1 cm³/mol. The number of rotatable bonds is 8. The third-order valence-corrected chi connectivity index (χ3v) is 2.57. The Hall–Kier alpha value is -1.40. The SMILES string of the molecule is CCNc1cc(N(C)CC(C)(C)O)nc(COCC)n1. The Morgan fingerprint density at radius 3 is 2.60 bits per heavy atom. The van der Waals surface area contributed by atoms with E-state index in [1.807, 2.05) is 31.9 Å². The Balaban J connectivity index is 2.95. The van der Waals surface area contributed by atoms with E-state index in [-0.39, 0.29) is 0 Å². The van der Waals surface area contributed by atoms with Crippen molar-refractivity contribution in [3.63, 3.8) is 0 Å². The molecule has 0 unspecified atom stereocenters. The van der Waals surface area contributed by atoms with Crippen LogP contribution in [0.5, 0.6) is 0 Å². The lowest BCUT2D eigenvalue weighted by molar-refractivity contribution is 0.0884. The minimum Gasteiger partial charge on any atom is -0.389 e. The van der Waals surface area contributed by atoms with Crippen LogP contribution in [0.2, 0.25) is 0 Å².